The average molecular weight is 413 g/mol. The number of ketones is 1. The summed E-state index contributed by atoms with van der Waals surface area (Å²) in [5.41, 5.74) is 1.80. The molecule has 0 aromatic heterocycles. The predicted octanol–water partition coefficient (Wildman–Crippen LogP) is 5.16. The summed E-state index contributed by atoms with van der Waals surface area (Å²) in [6.45, 7) is 5.07. The van der Waals surface area contributed by atoms with Gasteiger partial charge in [0.15, 0.2) is 17.3 Å². The average Bonchev–Trinajstić information content (AvgIpc) is 2.79. The number of carbonyl (C=O) groups excluding carboxylic acids is 1. The van der Waals surface area contributed by atoms with E-state index in [1.807, 2.05) is 12.1 Å². The lowest BCUT2D eigenvalue weighted by molar-refractivity contribution is 0.0839. The van der Waals surface area contributed by atoms with Crippen molar-refractivity contribution in [2.45, 2.75) is 32.6 Å². The van der Waals surface area contributed by atoms with Gasteiger partial charge in [0.2, 0.25) is 0 Å². The Bertz CT molecular complexity index is 829. The van der Waals surface area contributed by atoms with E-state index in [4.69, 9.17) is 9.47 Å². The third-order valence-corrected chi connectivity index (χ3v) is 5.99. The summed E-state index contributed by atoms with van der Waals surface area (Å²) in [6, 6.07) is 12.0. The molecule has 0 amide bonds. The summed E-state index contributed by atoms with van der Waals surface area (Å²) in [7, 11) is 3.30. The van der Waals surface area contributed by atoms with Crippen LogP contribution in [0.1, 0.15) is 48.5 Å². The molecule has 161 valence electrons. The van der Waals surface area contributed by atoms with E-state index in [1.165, 1.54) is 23.6 Å². The minimum Gasteiger partial charge on any atom is -0.493 e. The molecule has 0 atom stereocenters. The third-order valence-electron chi connectivity index (χ3n) is 5.99. The highest BCUT2D eigenvalue weighted by Gasteiger charge is 2.25. The van der Waals surface area contributed by atoms with Crippen molar-refractivity contribution in [1.29, 1.82) is 0 Å². The van der Waals surface area contributed by atoms with Gasteiger partial charge >= 0.3 is 0 Å². The Labute approximate surface area is 179 Å². The highest BCUT2D eigenvalue weighted by Crippen LogP contribution is 2.31. The minimum absolute atomic E-state index is 0.0479. The summed E-state index contributed by atoms with van der Waals surface area (Å²) >= 11 is 0. The molecule has 0 saturated carbocycles. The van der Waals surface area contributed by atoms with Crippen LogP contribution >= 0.6 is 0 Å². The van der Waals surface area contributed by atoms with Gasteiger partial charge in [-0.3, -0.25) is 4.79 Å². The summed E-state index contributed by atoms with van der Waals surface area (Å²) < 4.78 is 23.8. The number of methoxy groups -OCH3 is 2. The molecule has 0 spiro atoms. The summed E-state index contributed by atoms with van der Waals surface area (Å²) in [5.74, 6) is 2.72. The molecule has 1 fully saturated rings. The second-order valence-corrected chi connectivity index (χ2v) is 7.94. The first-order valence-corrected chi connectivity index (χ1v) is 10.6. The van der Waals surface area contributed by atoms with Crippen molar-refractivity contribution in [2.24, 2.45) is 5.92 Å². The number of halogens is 1. The number of likely N-dealkylation sites (tertiary alicyclic amines) is 1. The molecule has 1 aliphatic heterocycles. The first kappa shape index (κ1) is 22.3. The zero-order valence-electron chi connectivity index (χ0n) is 18.1. The summed E-state index contributed by atoms with van der Waals surface area (Å²) in [5, 5.41) is 0. The monoisotopic (exact) mass is 412 g/mol. The Morgan fingerprint density at radius 1 is 1.00 bits per heavy atom. The van der Waals surface area contributed by atoms with Crippen LogP contribution in [0.5, 0.6) is 11.5 Å². The SMILES string of the molecule is COc1ccc([C](C)CCCN2CCC(C(=O)c3ccc(F)cc3)CC2)cc1OC. The van der Waals surface area contributed by atoms with Crippen molar-refractivity contribution in [3.63, 3.8) is 0 Å². The Balaban J connectivity index is 1.42. The molecular weight excluding hydrogens is 381 g/mol. The predicted molar refractivity (Wildman–Crippen MR) is 117 cm³/mol. The second-order valence-electron chi connectivity index (χ2n) is 7.94. The molecule has 0 aliphatic carbocycles. The maximum atomic E-state index is 13.1. The second kappa shape index (κ2) is 10.6. The maximum absolute atomic E-state index is 13.1. The van der Waals surface area contributed by atoms with Crippen molar-refractivity contribution in [3.05, 3.63) is 65.3 Å². The summed E-state index contributed by atoms with van der Waals surface area (Å²) in [6.07, 6.45) is 3.84. The van der Waals surface area contributed by atoms with Crippen LogP contribution in [0.3, 0.4) is 0 Å². The van der Waals surface area contributed by atoms with Gasteiger partial charge in [0, 0.05) is 17.4 Å². The fourth-order valence-electron chi connectivity index (χ4n) is 4.08. The fraction of sp³-hybridized carbons (Fsp3) is 0.440. The van der Waals surface area contributed by atoms with Gasteiger partial charge < -0.3 is 14.4 Å². The normalized spacial score (nSPS) is 15.4. The first-order chi connectivity index (χ1) is 14.5. The van der Waals surface area contributed by atoms with Crippen molar-refractivity contribution in [1.82, 2.24) is 4.90 Å². The van der Waals surface area contributed by atoms with E-state index in [9.17, 15) is 9.18 Å². The van der Waals surface area contributed by atoms with Gasteiger partial charge in [-0.15, -0.1) is 0 Å². The number of carbonyl (C=O) groups is 1. The number of nitrogens with zero attached hydrogens (tertiary/aromatic N) is 1. The van der Waals surface area contributed by atoms with E-state index < -0.39 is 0 Å². The highest BCUT2D eigenvalue weighted by atomic mass is 19.1. The zero-order chi connectivity index (χ0) is 21.5. The Morgan fingerprint density at radius 3 is 2.27 bits per heavy atom. The van der Waals surface area contributed by atoms with Gasteiger partial charge in [-0.1, -0.05) is 13.0 Å². The lowest BCUT2D eigenvalue weighted by Crippen LogP contribution is -2.37. The molecule has 0 unspecified atom stereocenters. The number of Topliss-reactive ketones (excluding diaryl/α,β-unsaturated/α-hetero) is 1. The number of hydrogen-bond donors (Lipinski definition) is 0. The van der Waals surface area contributed by atoms with Crippen LogP contribution in [0.25, 0.3) is 0 Å². The number of benzene rings is 2. The standard InChI is InChI=1S/C25H31FNO3/c1-18(21-8-11-23(29-2)24(17-21)30-3)5-4-14-27-15-12-20(13-16-27)25(28)19-6-9-22(26)10-7-19/h6-11,17,20H,4-5,12-16H2,1-3H3. The lowest BCUT2D eigenvalue weighted by atomic mass is 9.88. The van der Waals surface area contributed by atoms with Crippen LogP contribution in [-0.4, -0.2) is 44.5 Å². The molecule has 1 heterocycles. The Kier molecular flexibility index (Phi) is 7.86. The van der Waals surface area contributed by atoms with Gasteiger partial charge in [-0.2, -0.15) is 0 Å². The Hall–Kier alpha value is -2.40. The van der Waals surface area contributed by atoms with E-state index in [0.717, 1.165) is 56.8 Å². The molecule has 0 bridgehead atoms. The number of hydrogen-bond acceptors (Lipinski definition) is 4. The molecule has 4 nitrogen and oxygen atoms in total. The topological polar surface area (TPSA) is 38.8 Å². The largest absolute Gasteiger partial charge is 0.493 e. The Morgan fingerprint density at radius 2 is 1.63 bits per heavy atom. The van der Waals surface area contributed by atoms with Crippen LogP contribution in [0, 0.1) is 17.7 Å². The van der Waals surface area contributed by atoms with E-state index in [0.29, 0.717) is 5.56 Å². The molecule has 30 heavy (non-hydrogen) atoms. The van der Waals surface area contributed by atoms with Crippen molar-refractivity contribution < 1.29 is 18.7 Å². The molecule has 2 aromatic carbocycles. The van der Waals surface area contributed by atoms with Gasteiger partial charge in [-0.05, 0) is 87.3 Å². The van der Waals surface area contributed by atoms with Crippen LogP contribution < -0.4 is 9.47 Å². The highest BCUT2D eigenvalue weighted by molar-refractivity contribution is 5.97. The molecule has 5 heteroatoms. The van der Waals surface area contributed by atoms with Gasteiger partial charge in [0.1, 0.15) is 5.82 Å². The molecule has 1 radical (unpaired) electrons. The van der Waals surface area contributed by atoms with Crippen molar-refractivity contribution in [3.8, 4) is 11.5 Å². The van der Waals surface area contributed by atoms with Crippen LogP contribution in [0.2, 0.25) is 0 Å². The summed E-state index contributed by atoms with van der Waals surface area (Å²) in [4.78, 5) is 15.1. The zero-order valence-corrected chi connectivity index (χ0v) is 18.1. The quantitative estimate of drug-likeness (QED) is 0.533. The van der Waals surface area contributed by atoms with E-state index in [1.54, 1.807) is 26.4 Å². The van der Waals surface area contributed by atoms with Gasteiger partial charge in [0.05, 0.1) is 14.2 Å². The molecule has 3 rings (SSSR count). The number of rotatable bonds is 9. The van der Waals surface area contributed by atoms with Gasteiger partial charge in [0.25, 0.3) is 0 Å². The van der Waals surface area contributed by atoms with E-state index in [2.05, 4.69) is 17.9 Å². The van der Waals surface area contributed by atoms with Crippen LogP contribution in [0.15, 0.2) is 42.5 Å². The lowest BCUT2D eigenvalue weighted by Gasteiger charge is -2.31. The van der Waals surface area contributed by atoms with Gasteiger partial charge in [-0.25, -0.2) is 4.39 Å². The molecular formula is C25H31FNO3. The molecule has 1 aliphatic rings. The van der Waals surface area contributed by atoms with E-state index in [-0.39, 0.29) is 17.5 Å². The smallest absolute Gasteiger partial charge is 0.166 e. The van der Waals surface area contributed by atoms with Crippen molar-refractivity contribution in [2.75, 3.05) is 33.9 Å². The molecule has 2 aromatic rings. The minimum atomic E-state index is -0.304. The van der Waals surface area contributed by atoms with Crippen molar-refractivity contribution >= 4 is 5.78 Å². The maximum Gasteiger partial charge on any atom is 0.166 e. The first-order valence-electron chi connectivity index (χ1n) is 10.6. The fourth-order valence-corrected chi connectivity index (χ4v) is 4.08. The molecule has 1 saturated heterocycles. The number of piperidine rings is 1. The van der Waals surface area contributed by atoms with E-state index >= 15 is 0 Å². The van der Waals surface area contributed by atoms with Crippen LogP contribution in [-0.2, 0) is 0 Å². The molecule has 0 N–H and O–H groups in total. The number of ether oxygens (including phenoxy) is 2. The van der Waals surface area contributed by atoms with Crippen LogP contribution in [0.4, 0.5) is 4.39 Å². The third kappa shape index (κ3) is 5.60.